The number of hydrogen-bond donors (Lipinski definition) is 1. The van der Waals surface area contributed by atoms with Crippen molar-refractivity contribution in [2.24, 2.45) is 17.6 Å². The van der Waals surface area contributed by atoms with Crippen LogP contribution >= 0.6 is 0 Å². The van der Waals surface area contributed by atoms with Gasteiger partial charge in [0.1, 0.15) is 5.82 Å². The molecule has 0 radical (unpaired) electrons. The molecule has 112 valence electrons. The maximum Gasteiger partial charge on any atom is 0.227 e. The summed E-state index contributed by atoms with van der Waals surface area (Å²) in [7, 11) is 0. The van der Waals surface area contributed by atoms with Gasteiger partial charge in [-0.1, -0.05) is 19.9 Å². The molecular weight excluding hydrogens is 255 g/mol. The monoisotopic (exact) mass is 280 g/mol. The summed E-state index contributed by atoms with van der Waals surface area (Å²) < 4.78 is 13.3. The first-order valence-electron chi connectivity index (χ1n) is 7.23. The topological polar surface area (TPSA) is 46.3 Å². The first-order chi connectivity index (χ1) is 9.47. The van der Waals surface area contributed by atoms with E-state index in [1.54, 1.807) is 17.0 Å². The minimum absolute atomic E-state index is 0.00852. The molecule has 0 bridgehead atoms. The van der Waals surface area contributed by atoms with E-state index in [9.17, 15) is 9.18 Å². The average Bonchev–Trinajstić information content (AvgIpc) is 2.38. The fourth-order valence-corrected chi connectivity index (χ4v) is 2.43. The summed E-state index contributed by atoms with van der Waals surface area (Å²) in [5.74, 6) is 0.381. The van der Waals surface area contributed by atoms with E-state index in [4.69, 9.17) is 5.73 Å². The highest BCUT2D eigenvalue weighted by molar-refractivity contribution is 5.93. The molecule has 0 aromatic heterocycles. The molecule has 1 rings (SSSR count). The highest BCUT2D eigenvalue weighted by atomic mass is 19.1. The van der Waals surface area contributed by atoms with Crippen LogP contribution in [0.4, 0.5) is 10.1 Å². The molecule has 0 saturated heterocycles. The zero-order valence-electron chi connectivity index (χ0n) is 12.6. The van der Waals surface area contributed by atoms with Crippen LogP contribution in [-0.2, 0) is 4.79 Å². The van der Waals surface area contributed by atoms with Gasteiger partial charge in [-0.2, -0.15) is 0 Å². The summed E-state index contributed by atoms with van der Waals surface area (Å²) in [6.07, 6.45) is 1.35. The van der Waals surface area contributed by atoms with Gasteiger partial charge in [-0.15, -0.1) is 0 Å². The number of hydrogen-bond acceptors (Lipinski definition) is 2. The summed E-state index contributed by atoms with van der Waals surface area (Å²) in [4.78, 5) is 14.0. The molecule has 1 aromatic carbocycles. The Labute approximate surface area is 121 Å². The van der Waals surface area contributed by atoms with Crippen molar-refractivity contribution >= 4 is 11.6 Å². The lowest BCUT2D eigenvalue weighted by atomic mass is 9.93. The molecule has 3 nitrogen and oxygen atoms in total. The summed E-state index contributed by atoms with van der Waals surface area (Å²) >= 11 is 0. The summed E-state index contributed by atoms with van der Waals surface area (Å²) in [5.41, 5.74) is 6.35. The van der Waals surface area contributed by atoms with E-state index in [0.717, 1.165) is 6.42 Å². The van der Waals surface area contributed by atoms with Crippen molar-refractivity contribution in [3.63, 3.8) is 0 Å². The van der Waals surface area contributed by atoms with Crippen molar-refractivity contribution in [2.45, 2.75) is 33.6 Å². The van der Waals surface area contributed by atoms with E-state index in [2.05, 4.69) is 13.8 Å². The predicted molar refractivity (Wildman–Crippen MR) is 81.0 cm³/mol. The van der Waals surface area contributed by atoms with Crippen molar-refractivity contribution in [2.75, 3.05) is 18.0 Å². The molecule has 1 amide bonds. The molecule has 0 fully saturated rings. The maximum absolute atomic E-state index is 13.3. The first kappa shape index (κ1) is 16.6. The molecule has 0 aliphatic heterocycles. The molecular formula is C16H25FN2O. The van der Waals surface area contributed by atoms with Crippen LogP contribution in [-0.4, -0.2) is 19.0 Å². The Morgan fingerprint density at radius 1 is 1.40 bits per heavy atom. The number of carbonyl (C=O) groups is 1. The van der Waals surface area contributed by atoms with E-state index < -0.39 is 0 Å². The predicted octanol–water partition coefficient (Wildman–Crippen LogP) is 3.19. The quantitative estimate of drug-likeness (QED) is 0.833. The third kappa shape index (κ3) is 4.93. The van der Waals surface area contributed by atoms with E-state index >= 15 is 0 Å². The molecule has 0 aliphatic carbocycles. The van der Waals surface area contributed by atoms with Gasteiger partial charge in [0.2, 0.25) is 5.91 Å². The molecule has 1 unspecified atom stereocenters. The molecule has 1 aromatic rings. The Balaban J connectivity index is 2.76. The first-order valence-corrected chi connectivity index (χ1v) is 7.23. The number of nitrogens with zero attached hydrogens (tertiary/aromatic N) is 1. The van der Waals surface area contributed by atoms with Crippen LogP contribution in [0.15, 0.2) is 24.3 Å². The third-order valence-electron chi connectivity index (χ3n) is 3.34. The Hall–Kier alpha value is -1.42. The minimum Gasteiger partial charge on any atom is -0.330 e. The van der Waals surface area contributed by atoms with Gasteiger partial charge in [-0.05, 0) is 49.9 Å². The smallest absolute Gasteiger partial charge is 0.227 e. The fourth-order valence-electron chi connectivity index (χ4n) is 2.43. The van der Waals surface area contributed by atoms with Crippen LogP contribution in [0.5, 0.6) is 0 Å². The van der Waals surface area contributed by atoms with Gasteiger partial charge in [-0.25, -0.2) is 4.39 Å². The standard InChI is InChI=1S/C16H25FN2O/c1-4-19(15-7-5-6-14(17)10-15)16(20)9-13(11-18)8-12(2)3/h5-7,10,12-13H,4,8-9,11,18H2,1-3H3. The Morgan fingerprint density at radius 2 is 2.10 bits per heavy atom. The van der Waals surface area contributed by atoms with Gasteiger partial charge in [0.15, 0.2) is 0 Å². The van der Waals surface area contributed by atoms with Crippen LogP contribution < -0.4 is 10.6 Å². The van der Waals surface area contributed by atoms with Crippen LogP contribution in [0, 0.1) is 17.7 Å². The van der Waals surface area contributed by atoms with E-state index in [0.29, 0.717) is 31.1 Å². The Morgan fingerprint density at radius 3 is 2.60 bits per heavy atom. The van der Waals surface area contributed by atoms with Crippen molar-refractivity contribution in [1.82, 2.24) is 0 Å². The zero-order valence-corrected chi connectivity index (χ0v) is 12.6. The summed E-state index contributed by atoms with van der Waals surface area (Å²) in [6.45, 7) is 7.17. The molecule has 0 spiro atoms. The highest BCUT2D eigenvalue weighted by Crippen LogP contribution is 2.20. The molecule has 0 heterocycles. The molecule has 0 aliphatic rings. The van der Waals surface area contributed by atoms with E-state index in [1.807, 2.05) is 6.92 Å². The number of rotatable bonds is 7. The molecule has 0 saturated carbocycles. The molecule has 20 heavy (non-hydrogen) atoms. The second kappa shape index (κ2) is 8.00. The Kier molecular flexibility index (Phi) is 6.65. The lowest BCUT2D eigenvalue weighted by Gasteiger charge is -2.24. The number of amides is 1. The van der Waals surface area contributed by atoms with Crippen molar-refractivity contribution in [1.29, 1.82) is 0 Å². The summed E-state index contributed by atoms with van der Waals surface area (Å²) in [5, 5.41) is 0. The second-order valence-corrected chi connectivity index (χ2v) is 5.55. The number of carbonyl (C=O) groups excluding carboxylic acids is 1. The Bertz CT molecular complexity index is 434. The van der Waals surface area contributed by atoms with Gasteiger partial charge < -0.3 is 10.6 Å². The lowest BCUT2D eigenvalue weighted by Crippen LogP contribution is -2.33. The van der Waals surface area contributed by atoms with Gasteiger partial charge in [-0.3, -0.25) is 4.79 Å². The van der Waals surface area contributed by atoms with E-state index in [-0.39, 0.29) is 17.6 Å². The van der Waals surface area contributed by atoms with Crippen molar-refractivity contribution in [3.05, 3.63) is 30.1 Å². The third-order valence-corrected chi connectivity index (χ3v) is 3.34. The number of anilines is 1. The van der Waals surface area contributed by atoms with Gasteiger partial charge in [0.05, 0.1) is 0 Å². The van der Waals surface area contributed by atoms with Crippen LogP contribution in [0.25, 0.3) is 0 Å². The van der Waals surface area contributed by atoms with Crippen molar-refractivity contribution < 1.29 is 9.18 Å². The lowest BCUT2D eigenvalue weighted by molar-refractivity contribution is -0.119. The molecule has 1 atom stereocenters. The van der Waals surface area contributed by atoms with Crippen LogP contribution in [0.2, 0.25) is 0 Å². The number of halogens is 1. The molecule has 2 N–H and O–H groups in total. The van der Waals surface area contributed by atoms with Crippen LogP contribution in [0.3, 0.4) is 0 Å². The number of nitrogens with two attached hydrogens (primary N) is 1. The zero-order chi connectivity index (χ0) is 15.1. The molecule has 4 heteroatoms. The second-order valence-electron chi connectivity index (χ2n) is 5.55. The SMILES string of the molecule is CCN(C(=O)CC(CN)CC(C)C)c1cccc(F)c1. The maximum atomic E-state index is 13.3. The van der Waals surface area contributed by atoms with E-state index in [1.165, 1.54) is 12.1 Å². The van der Waals surface area contributed by atoms with Crippen molar-refractivity contribution in [3.8, 4) is 0 Å². The average molecular weight is 280 g/mol. The normalized spacial score (nSPS) is 12.5. The largest absolute Gasteiger partial charge is 0.330 e. The van der Waals surface area contributed by atoms with Gasteiger partial charge in [0.25, 0.3) is 0 Å². The van der Waals surface area contributed by atoms with Gasteiger partial charge >= 0.3 is 0 Å². The minimum atomic E-state index is -0.327. The van der Waals surface area contributed by atoms with Gasteiger partial charge in [0, 0.05) is 18.7 Å². The highest BCUT2D eigenvalue weighted by Gasteiger charge is 2.19. The summed E-state index contributed by atoms with van der Waals surface area (Å²) in [6, 6.07) is 6.14. The number of benzene rings is 1. The fraction of sp³-hybridized carbons (Fsp3) is 0.562. The van der Waals surface area contributed by atoms with Crippen LogP contribution in [0.1, 0.15) is 33.6 Å².